The third-order valence-electron chi connectivity index (χ3n) is 2.50. The fraction of sp³-hybridized carbons (Fsp3) is 0.308. The van der Waals surface area contributed by atoms with Crippen molar-refractivity contribution in [3.63, 3.8) is 0 Å². The summed E-state index contributed by atoms with van der Waals surface area (Å²) in [7, 11) is 1.66. The summed E-state index contributed by atoms with van der Waals surface area (Å²) < 4.78 is 5.21. The van der Waals surface area contributed by atoms with Gasteiger partial charge in [0.15, 0.2) is 0 Å². The van der Waals surface area contributed by atoms with E-state index in [1.54, 1.807) is 18.4 Å². The fourth-order valence-corrected chi connectivity index (χ4v) is 2.74. The molecule has 1 N–H and O–H groups in total. The summed E-state index contributed by atoms with van der Waals surface area (Å²) in [6.07, 6.45) is 0.621. The van der Waals surface area contributed by atoms with Crippen LogP contribution in [0.4, 0.5) is 0 Å². The minimum absolute atomic E-state index is 0.143. The lowest BCUT2D eigenvalue weighted by Gasteiger charge is -2.02. The van der Waals surface area contributed by atoms with Gasteiger partial charge in [0, 0.05) is 13.0 Å². The molecule has 0 unspecified atom stereocenters. The van der Waals surface area contributed by atoms with E-state index in [9.17, 15) is 0 Å². The highest BCUT2D eigenvalue weighted by Gasteiger charge is 2.09. The molecule has 0 bridgehead atoms. The molecule has 17 heavy (non-hydrogen) atoms. The number of thiazole rings is 1. The fourth-order valence-electron chi connectivity index (χ4n) is 1.69. The van der Waals surface area contributed by atoms with E-state index in [0.717, 1.165) is 26.9 Å². The third kappa shape index (κ3) is 2.65. The van der Waals surface area contributed by atoms with Gasteiger partial charge in [-0.2, -0.15) is 0 Å². The minimum Gasteiger partial charge on any atom is -0.497 e. The second-order valence-corrected chi connectivity index (χ2v) is 4.81. The molecule has 1 aromatic heterocycles. The van der Waals surface area contributed by atoms with Gasteiger partial charge in [0.2, 0.25) is 0 Å². The monoisotopic (exact) mass is 249 g/mol. The second kappa shape index (κ2) is 5.29. The molecule has 0 saturated heterocycles. The number of ether oxygens (including phenoxy) is 1. The smallest absolute Gasteiger partial charge is 0.119 e. The SMILES string of the molecule is COc1cccc(-c2sc(CCO)nc2C)c1. The highest BCUT2D eigenvalue weighted by atomic mass is 32.1. The Labute approximate surface area is 105 Å². The van der Waals surface area contributed by atoms with Crippen LogP contribution in [0.3, 0.4) is 0 Å². The minimum atomic E-state index is 0.143. The molecule has 90 valence electrons. The number of rotatable bonds is 4. The summed E-state index contributed by atoms with van der Waals surface area (Å²) in [6.45, 7) is 2.14. The van der Waals surface area contributed by atoms with Crippen molar-refractivity contribution in [2.24, 2.45) is 0 Å². The van der Waals surface area contributed by atoms with Gasteiger partial charge in [0.05, 0.1) is 22.7 Å². The Morgan fingerprint density at radius 2 is 2.24 bits per heavy atom. The Morgan fingerprint density at radius 1 is 1.41 bits per heavy atom. The van der Waals surface area contributed by atoms with Crippen LogP contribution < -0.4 is 4.74 Å². The lowest BCUT2D eigenvalue weighted by molar-refractivity contribution is 0.299. The van der Waals surface area contributed by atoms with Crippen LogP contribution in [-0.2, 0) is 6.42 Å². The number of aliphatic hydroxyl groups is 1. The maximum absolute atomic E-state index is 8.92. The summed E-state index contributed by atoms with van der Waals surface area (Å²) in [5.41, 5.74) is 2.12. The summed E-state index contributed by atoms with van der Waals surface area (Å²) in [6, 6.07) is 7.95. The predicted molar refractivity (Wildman–Crippen MR) is 69.6 cm³/mol. The number of hydrogen-bond acceptors (Lipinski definition) is 4. The van der Waals surface area contributed by atoms with Crippen molar-refractivity contribution < 1.29 is 9.84 Å². The number of aliphatic hydroxyl groups excluding tert-OH is 1. The average Bonchev–Trinajstić information content (AvgIpc) is 2.71. The molecule has 0 aliphatic heterocycles. The van der Waals surface area contributed by atoms with Gasteiger partial charge in [-0.15, -0.1) is 11.3 Å². The number of hydrogen-bond donors (Lipinski definition) is 1. The van der Waals surface area contributed by atoms with E-state index in [-0.39, 0.29) is 6.61 Å². The van der Waals surface area contributed by atoms with E-state index in [0.29, 0.717) is 6.42 Å². The van der Waals surface area contributed by atoms with Gasteiger partial charge in [0.25, 0.3) is 0 Å². The lowest BCUT2D eigenvalue weighted by Crippen LogP contribution is -1.88. The summed E-state index contributed by atoms with van der Waals surface area (Å²) >= 11 is 1.63. The Kier molecular flexibility index (Phi) is 3.76. The summed E-state index contributed by atoms with van der Waals surface area (Å²) in [4.78, 5) is 5.60. The van der Waals surface area contributed by atoms with Crippen molar-refractivity contribution >= 4 is 11.3 Å². The largest absolute Gasteiger partial charge is 0.497 e. The first kappa shape index (κ1) is 12.1. The van der Waals surface area contributed by atoms with Crippen LogP contribution in [0.5, 0.6) is 5.75 Å². The molecule has 0 fully saturated rings. The third-order valence-corrected chi connectivity index (χ3v) is 3.76. The molecular formula is C13H15NO2S. The number of nitrogens with zero attached hydrogens (tertiary/aromatic N) is 1. The standard InChI is InChI=1S/C13H15NO2S/c1-9-13(17-12(14-9)6-7-15)10-4-3-5-11(8-10)16-2/h3-5,8,15H,6-7H2,1-2H3. The maximum atomic E-state index is 8.92. The Morgan fingerprint density at radius 3 is 2.94 bits per heavy atom. The lowest BCUT2D eigenvalue weighted by atomic mass is 10.1. The van der Waals surface area contributed by atoms with E-state index in [1.165, 1.54) is 0 Å². The zero-order valence-corrected chi connectivity index (χ0v) is 10.8. The van der Waals surface area contributed by atoms with Crippen molar-refractivity contribution in [2.75, 3.05) is 13.7 Å². The molecule has 3 nitrogen and oxygen atoms in total. The van der Waals surface area contributed by atoms with Gasteiger partial charge < -0.3 is 9.84 Å². The van der Waals surface area contributed by atoms with E-state index in [2.05, 4.69) is 4.98 Å². The molecular weight excluding hydrogens is 234 g/mol. The number of aryl methyl sites for hydroxylation is 1. The van der Waals surface area contributed by atoms with Crippen LogP contribution in [0, 0.1) is 6.92 Å². The van der Waals surface area contributed by atoms with Crippen LogP contribution in [0.15, 0.2) is 24.3 Å². The molecule has 0 radical (unpaired) electrons. The van der Waals surface area contributed by atoms with Crippen LogP contribution >= 0.6 is 11.3 Å². The summed E-state index contributed by atoms with van der Waals surface area (Å²) in [5.74, 6) is 0.846. The molecule has 0 spiro atoms. The van der Waals surface area contributed by atoms with E-state index < -0.39 is 0 Å². The highest BCUT2D eigenvalue weighted by Crippen LogP contribution is 2.32. The van der Waals surface area contributed by atoms with Crippen LogP contribution in [-0.4, -0.2) is 23.8 Å². The molecule has 0 aliphatic carbocycles. The van der Waals surface area contributed by atoms with Gasteiger partial charge in [-0.25, -0.2) is 4.98 Å². The molecule has 0 aliphatic rings. The van der Waals surface area contributed by atoms with Gasteiger partial charge >= 0.3 is 0 Å². The van der Waals surface area contributed by atoms with Crippen molar-refractivity contribution in [3.8, 4) is 16.2 Å². The zero-order valence-electron chi connectivity index (χ0n) is 9.93. The molecule has 0 amide bonds. The van der Waals surface area contributed by atoms with E-state index >= 15 is 0 Å². The van der Waals surface area contributed by atoms with E-state index in [4.69, 9.17) is 9.84 Å². The topological polar surface area (TPSA) is 42.4 Å². The molecule has 2 rings (SSSR count). The van der Waals surface area contributed by atoms with Crippen molar-refractivity contribution in [2.45, 2.75) is 13.3 Å². The Balaban J connectivity index is 2.37. The first-order valence-corrected chi connectivity index (χ1v) is 6.28. The first-order chi connectivity index (χ1) is 8.24. The Hall–Kier alpha value is -1.39. The van der Waals surface area contributed by atoms with Gasteiger partial charge in [-0.1, -0.05) is 12.1 Å². The maximum Gasteiger partial charge on any atom is 0.119 e. The second-order valence-electron chi connectivity index (χ2n) is 3.73. The van der Waals surface area contributed by atoms with Crippen molar-refractivity contribution in [1.29, 1.82) is 0 Å². The predicted octanol–water partition coefficient (Wildman–Crippen LogP) is 2.66. The normalized spacial score (nSPS) is 10.5. The van der Waals surface area contributed by atoms with Gasteiger partial charge in [-0.05, 0) is 24.6 Å². The molecule has 0 atom stereocenters. The van der Waals surface area contributed by atoms with E-state index in [1.807, 2.05) is 31.2 Å². The molecule has 1 heterocycles. The quantitative estimate of drug-likeness (QED) is 0.905. The van der Waals surface area contributed by atoms with Crippen LogP contribution in [0.25, 0.3) is 10.4 Å². The van der Waals surface area contributed by atoms with Crippen molar-refractivity contribution in [1.82, 2.24) is 4.98 Å². The molecule has 0 saturated carbocycles. The summed E-state index contributed by atoms with van der Waals surface area (Å²) in [5, 5.41) is 9.89. The number of methoxy groups -OCH3 is 1. The van der Waals surface area contributed by atoms with Gasteiger partial charge in [0.1, 0.15) is 5.75 Å². The average molecular weight is 249 g/mol. The number of benzene rings is 1. The van der Waals surface area contributed by atoms with Gasteiger partial charge in [-0.3, -0.25) is 0 Å². The first-order valence-electron chi connectivity index (χ1n) is 5.46. The molecule has 4 heteroatoms. The Bertz CT molecular complexity index is 508. The zero-order chi connectivity index (χ0) is 12.3. The van der Waals surface area contributed by atoms with Crippen LogP contribution in [0.2, 0.25) is 0 Å². The van der Waals surface area contributed by atoms with Crippen molar-refractivity contribution in [3.05, 3.63) is 35.0 Å². The molecule has 2 aromatic rings. The number of aromatic nitrogens is 1. The van der Waals surface area contributed by atoms with Crippen LogP contribution in [0.1, 0.15) is 10.7 Å². The highest BCUT2D eigenvalue weighted by molar-refractivity contribution is 7.15. The molecule has 1 aromatic carbocycles.